The molecule has 0 bridgehead atoms. The van der Waals surface area contributed by atoms with E-state index in [1.54, 1.807) is 0 Å². The van der Waals surface area contributed by atoms with Gasteiger partial charge < -0.3 is 9.80 Å². The smallest absolute Gasteiger partial charge is 0.0546 e. The maximum atomic E-state index is 5.00. The van der Waals surface area contributed by atoms with Gasteiger partial charge in [-0.05, 0) is 104 Å². The van der Waals surface area contributed by atoms with Crippen molar-refractivity contribution in [3.8, 4) is 11.1 Å². The molecule has 0 fully saturated rings. The third-order valence-corrected chi connectivity index (χ3v) is 10.6. The molecule has 0 amide bonds. The lowest BCUT2D eigenvalue weighted by molar-refractivity contribution is 1.30. The first-order chi connectivity index (χ1) is 31.8. The molecule has 0 radical (unpaired) electrons. The number of hydrogen-bond donors (Lipinski definition) is 0. The van der Waals surface area contributed by atoms with Crippen LogP contribution in [0.15, 0.2) is 218 Å². The zero-order chi connectivity index (χ0) is 45.8. The van der Waals surface area contributed by atoms with Crippen molar-refractivity contribution in [1.29, 1.82) is 0 Å². The van der Waals surface area contributed by atoms with Gasteiger partial charge in [-0.1, -0.05) is 158 Å². The Morgan fingerprint density at radius 1 is 0.259 bits per heavy atom. The summed E-state index contributed by atoms with van der Waals surface area (Å²) in [5, 5.41) is 9.94. The lowest BCUT2D eigenvalue weighted by atomic mass is 9.98. The summed E-state index contributed by atoms with van der Waals surface area (Å²) in [6, 6.07) is 78.8. The van der Waals surface area contributed by atoms with Crippen LogP contribution >= 0.6 is 0 Å². The molecular formula is C52H48N2. The minimum atomic E-state index is 0. The highest BCUT2D eigenvalue weighted by Gasteiger charge is 2.19. The van der Waals surface area contributed by atoms with Gasteiger partial charge in [-0.25, -0.2) is 0 Å². The van der Waals surface area contributed by atoms with Crippen LogP contribution in [-0.2, 0) is 0 Å². The van der Waals surface area contributed by atoms with E-state index in [1.165, 1.54) is 54.2 Å². The van der Waals surface area contributed by atoms with Gasteiger partial charge in [0.2, 0.25) is 0 Å². The molecule has 10 rings (SSSR count). The van der Waals surface area contributed by atoms with Gasteiger partial charge in [-0.15, -0.1) is 0 Å². The third-order valence-electron chi connectivity index (χ3n) is 10.6. The molecule has 0 aliphatic rings. The number of benzene rings is 10. The maximum absolute atomic E-state index is 5.00. The molecule has 54 heavy (non-hydrogen) atoms. The zero-order valence-corrected chi connectivity index (χ0v) is 29.7. The van der Waals surface area contributed by atoms with Crippen LogP contribution in [0, 0.1) is 0 Å². The first-order valence-corrected chi connectivity index (χ1v) is 18.5. The second kappa shape index (κ2) is 13.4. The Balaban J connectivity index is 0.000000790. The van der Waals surface area contributed by atoms with Crippen molar-refractivity contribution in [2.45, 2.75) is 0 Å². The van der Waals surface area contributed by atoms with Crippen LogP contribution in [0.3, 0.4) is 0 Å². The zero-order valence-electron chi connectivity index (χ0n) is 39.7. The Labute approximate surface area is 332 Å². The Morgan fingerprint density at radius 2 is 0.556 bits per heavy atom. The van der Waals surface area contributed by atoms with Gasteiger partial charge in [-0.3, -0.25) is 0 Å². The number of hydrogen-bond acceptors (Lipinski definition) is 2. The Morgan fingerprint density at radius 3 is 0.944 bits per heavy atom. The SMILES string of the molecule is [3HH].[3H][3H].[3H][3H].[3H][3H].[3H][3H].[3H][3H].c1ccc(N(c2ccc(-c3ccc(N(c4ccccc4)c4cc5ccccc5c5ccccc45)cc3)cc2)c2cc3ccccc3c3ccccc23)cc1. The van der Waals surface area contributed by atoms with E-state index in [1.807, 2.05) is 0 Å². The van der Waals surface area contributed by atoms with Crippen LogP contribution in [0.5, 0.6) is 0 Å². The Hall–Kier alpha value is -7.16. The fourth-order valence-corrected chi connectivity index (χ4v) is 8.05. The highest BCUT2D eigenvalue weighted by Crippen LogP contribution is 2.44. The highest BCUT2D eigenvalue weighted by atomic mass is 15.1. The van der Waals surface area contributed by atoms with E-state index >= 15 is 0 Å². The summed E-state index contributed by atoms with van der Waals surface area (Å²) in [6.45, 7) is 0. The lowest BCUT2D eigenvalue weighted by Crippen LogP contribution is -2.10. The van der Waals surface area contributed by atoms with Crippen molar-refractivity contribution < 1.29 is 16.3 Å². The fourth-order valence-electron chi connectivity index (χ4n) is 8.05. The van der Waals surface area contributed by atoms with Gasteiger partial charge in [0, 0.05) is 49.8 Å². The van der Waals surface area contributed by atoms with E-state index < -0.39 is 0 Å². The van der Waals surface area contributed by atoms with Crippen molar-refractivity contribution in [1.82, 2.24) is 0 Å². The van der Waals surface area contributed by atoms with E-state index in [0.717, 1.165) is 34.1 Å². The summed E-state index contributed by atoms with van der Waals surface area (Å²) in [5.74, 6) is 0. The average Bonchev–Trinajstić information content (AvgIpc) is 3.40. The number of nitrogens with zero attached hydrogens (tertiary/aromatic N) is 2. The predicted molar refractivity (Wildman–Crippen MR) is 244 cm³/mol. The molecular weight excluding hydrogens is 653 g/mol. The molecule has 0 aromatic heterocycles. The Kier molecular flexibility index (Phi) is 6.61. The number of anilines is 6. The molecule has 0 atom stereocenters. The number of para-hydroxylation sites is 2. The summed E-state index contributed by atoms with van der Waals surface area (Å²) in [6.07, 6.45) is 0. The maximum Gasteiger partial charge on any atom is 0.0546 e. The van der Waals surface area contributed by atoms with Gasteiger partial charge in [0.1, 0.15) is 0 Å². The van der Waals surface area contributed by atoms with Crippen LogP contribution in [-0.4, -0.2) is 0 Å². The lowest BCUT2D eigenvalue weighted by Gasteiger charge is -2.28. The first kappa shape index (κ1) is 26.6. The van der Waals surface area contributed by atoms with Crippen molar-refractivity contribution in [3.63, 3.8) is 0 Å². The summed E-state index contributed by atoms with van der Waals surface area (Å²) in [4.78, 5) is 4.76. The second-order valence-electron chi connectivity index (χ2n) is 13.8. The fraction of sp³-hybridized carbons (Fsp3) is 0. The third kappa shape index (κ3) is 5.53. The van der Waals surface area contributed by atoms with Crippen LogP contribution in [0.2, 0.25) is 0 Å². The monoisotopic (exact) mass is 722 g/mol. The molecule has 0 saturated carbocycles. The highest BCUT2D eigenvalue weighted by molar-refractivity contribution is 6.15. The van der Waals surface area contributed by atoms with Gasteiger partial charge in [0.05, 0.1) is 11.4 Å². The van der Waals surface area contributed by atoms with Crippen LogP contribution in [0.25, 0.3) is 54.2 Å². The number of rotatable bonds is 7. The normalized spacial score (nSPS) is 12.1. The molecule has 266 valence electrons. The van der Waals surface area contributed by atoms with Gasteiger partial charge in [0.25, 0.3) is 0 Å². The summed E-state index contributed by atoms with van der Waals surface area (Å²) >= 11 is 0. The van der Waals surface area contributed by atoms with Crippen molar-refractivity contribution in [3.05, 3.63) is 218 Å². The number of fused-ring (bicyclic) bond motifs is 6. The molecule has 0 aliphatic carbocycles. The van der Waals surface area contributed by atoms with E-state index in [4.69, 9.17) is 14.8 Å². The van der Waals surface area contributed by atoms with E-state index in [9.17, 15) is 0 Å². The first-order valence-electron chi connectivity index (χ1n) is 23.5. The molecule has 0 unspecified atom stereocenters. The minimum absolute atomic E-state index is 0. The molecule has 0 spiro atoms. The summed E-state index contributed by atoms with van der Waals surface area (Å²) in [7, 11) is 0. The van der Waals surface area contributed by atoms with Crippen LogP contribution in [0.1, 0.15) is 16.3 Å². The quantitative estimate of drug-likeness (QED) is 0.151. The van der Waals surface area contributed by atoms with E-state index in [0.29, 0.717) is 0 Å². The Bertz CT molecular complexity index is 2760. The minimum Gasteiger partial charge on any atom is -0.310 e. The molecule has 0 saturated heterocycles. The van der Waals surface area contributed by atoms with Gasteiger partial charge in [0.15, 0.2) is 0 Å². The van der Waals surface area contributed by atoms with E-state index in [-0.39, 0.29) is 1.43 Å². The molecule has 0 N–H and O–H groups in total. The largest absolute Gasteiger partial charge is 0.310 e. The van der Waals surface area contributed by atoms with Crippen molar-refractivity contribution in [2.75, 3.05) is 9.80 Å². The molecule has 0 heterocycles. The molecule has 10 aromatic rings. The molecule has 2 nitrogen and oxygen atoms in total. The topological polar surface area (TPSA) is 6.48 Å². The van der Waals surface area contributed by atoms with Crippen molar-refractivity contribution >= 4 is 77.2 Å². The summed E-state index contributed by atoms with van der Waals surface area (Å²) in [5.41, 5.74) is 9.13. The molecule has 10 aromatic carbocycles. The van der Waals surface area contributed by atoms with Crippen LogP contribution in [0.4, 0.5) is 34.1 Å². The standard InChI is InChI=1S/C52H36N2.6H2/c1-3-17-41(18-4-1)53(51-35-39-15-7-9-21-45(39)47-23-11-13-25-49(47)51)43-31-27-37(28-32-43)38-29-33-44(34-30-38)54(42-19-5-2-6-20-42)52-36-40-16-8-10-22-46(40)48-24-12-14-26-50(48)52;;;;;;/h1-36H;6*1H/i;5*1+2T;1+2. The summed E-state index contributed by atoms with van der Waals surface area (Å²) < 4.78 is 50.0. The average molecular weight is 723 g/mol. The van der Waals surface area contributed by atoms with Gasteiger partial charge in [-0.2, -0.15) is 0 Å². The predicted octanol–water partition coefficient (Wildman–Crippen LogP) is 16.4. The molecule has 2 heteroatoms. The van der Waals surface area contributed by atoms with E-state index in [2.05, 4.69) is 228 Å². The van der Waals surface area contributed by atoms with Crippen molar-refractivity contribution in [2.24, 2.45) is 0 Å². The van der Waals surface area contributed by atoms with Crippen LogP contribution < -0.4 is 9.80 Å². The van der Waals surface area contributed by atoms with Gasteiger partial charge >= 0.3 is 0 Å². The molecule has 0 aliphatic heterocycles. The second-order valence-corrected chi connectivity index (χ2v) is 13.8.